The first-order valence-corrected chi connectivity index (χ1v) is 34.2. The largest absolute Gasteiger partial charge is 0.463 e. The second kappa shape index (κ2) is 44.6. The number of esters is 1. The van der Waals surface area contributed by atoms with Crippen molar-refractivity contribution >= 4 is 51.1 Å². The number of aryl methyl sites for hydroxylation is 1. The third kappa shape index (κ3) is 41.2. The van der Waals surface area contributed by atoms with Gasteiger partial charge in [-0.1, -0.05) is 235 Å². The molecule has 2 amide bonds. The molecular formula is C79H122BrN3O6. The number of rotatable bonds is 17. The molecule has 496 valence electrons. The second-order valence-electron chi connectivity index (χ2n) is 28.0. The van der Waals surface area contributed by atoms with Crippen molar-refractivity contribution in [3.05, 3.63) is 172 Å². The Kier molecular flexibility index (Phi) is 40.6. The number of amides is 2. The van der Waals surface area contributed by atoms with Crippen LogP contribution < -0.4 is 5.32 Å². The maximum Gasteiger partial charge on any atom is 0.410 e. The summed E-state index contributed by atoms with van der Waals surface area (Å²) >= 11 is 3.41. The van der Waals surface area contributed by atoms with E-state index in [1.54, 1.807) is 6.92 Å². The molecule has 5 aromatic rings. The van der Waals surface area contributed by atoms with Crippen molar-refractivity contribution < 1.29 is 28.6 Å². The maximum atomic E-state index is 11.9. The number of aromatic nitrogens is 1. The summed E-state index contributed by atoms with van der Waals surface area (Å²) in [7, 11) is 0. The lowest BCUT2D eigenvalue weighted by atomic mass is 9.97. The van der Waals surface area contributed by atoms with Crippen LogP contribution in [0.15, 0.2) is 144 Å². The number of carbonyl (C=O) groups is 3. The molecule has 9 nitrogen and oxygen atoms in total. The highest BCUT2D eigenvalue weighted by atomic mass is 79.9. The average molecular weight is 1290 g/mol. The van der Waals surface area contributed by atoms with Gasteiger partial charge >= 0.3 is 18.2 Å². The number of fused-ring (bicyclic) bond motifs is 1. The molecule has 2 atom stereocenters. The van der Waals surface area contributed by atoms with Gasteiger partial charge in [0, 0.05) is 46.8 Å². The Morgan fingerprint density at radius 3 is 1.81 bits per heavy atom. The number of alkyl carbamates (subject to hydrolysis) is 1. The molecule has 0 saturated carbocycles. The predicted molar refractivity (Wildman–Crippen MR) is 385 cm³/mol. The molecule has 1 aliphatic carbocycles. The van der Waals surface area contributed by atoms with Gasteiger partial charge < -0.3 is 29.4 Å². The highest BCUT2D eigenvalue weighted by molar-refractivity contribution is 9.10. The molecule has 89 heavy (non-hydrogen) atoms. The molecule has 4 aromatic carbocycles. The van der Waals surface area contributed by atoms with Crippen LogP contribution in [0.5, 0.6) is 0 Å². The second-order valence-corrected chi connectivity index (χ2v) is 28.9. The monoisotopic (exact) mass is 1290 g/mol. The molecule has 2 aliphatic rings. The van der Waals surface area contributed by atoms with E-state index < -0.39 is 5.60 Å². The summed E-state index contributed by atoms with van der Waals surface area (Å²) in [5.74, 6) is 5.17. The minimum absolute atomic E-state index is 0.154. The number of aromatic amines is 1. The van der Waals surface area contributed by atoms with Crippen molar-refractivity contribution in [2.75, 3.05) is 13.2 Å². The molecule has 0 bridgehead atoms. The molecule has 2 N–H and O–H groups in total. The number of hydrogen-bond acceptors (Lipinski definition) is 6. The van der Waals surface area contributed by atoms with E-state index in [2.05, 4.69) is 229 Å². The summed E-state index contributed by atoms with van der Waals surface area (Å²) in [4.78, 5) is 39.2. The van der Waals surface area contributed by atoms with Gasteiger partial charge in [-0.3, -0.25) is 0 Å². The third-order valence-corrected chi connectivity index (χ3v) is 14.4. The zero-order valence-corrected chi connectivity index (χ0v) is 60.9. The van der Waals surface area contributed by atoms with Gasteiger partial charge in [0.2, 0.25) is 0 Å². The molecule has 7 rings (SSSR count). The molecular weight excluding hydrogens is 1170 g/mol. The number of benzene rings is 4. The van der Waals surface area contributed by atoms with Crippen molar-refractivity contribution in [1.82, 2.24) is 15.2 Å². The fraction of sp³-hybridized carbons (Fsp3) is 0.557. The summed E-state index contributed by atoms with van der Waals surface area (Å²) in [6.07, 6.45) is 25.2. The maximum absolute atomic E-state index is 11.9. The van der Waals surface area contributed by atoms with Crippen LogP contribution in [0.2, 0.25) is 0 Å². The van der Waals surface area contributed by atoms with Crippen LogP contribution in [-0.2, 0) is 38.4 Å². The van der Waals surface area contributed by atoms with E-state index in [1.807, 2.05) is 84.6 Å². The Morgan fingerprint density at radius 1 is 0.697 bits per heavy atom. The fourth-order valence-corrected chi connectivity index (χ4v) is 9.76. The van der Waals surface area contributed by atoms with Crippen LogP contribution in [0.4, 0.5) is 9.59 Å². The zero-order valence-electron chi connectivity index (χ0n) is 59.3. The van der Waals surface area contributed by atoms with E-state index in [-0.39, 0.29) is 23.8 Å². The summed E-state index contributed by atoms with van der Waals surface area (Å²) in [6.45, 7) is 45.5. The van der Waals surface area contributed by atoms with E-state index >= 15 is 0 Å². The van der Waals surface area contributed by atoms with Gasteiger partial charge in [-0.2, -0.15) is 0 Å². The average Bonchev–Trinajstić information content (AvgIpc) is 2.50. The SMILES string of the molecule is CC(C)/C=C/c1ccccc1.CC(C)C1CCCN1C(=O)OC(C)(C)C.CC(C)CC1C=CCC1.CC(C)CCCc1c[nH]c2ccccc12.CC(C)Cc1ccc(Br)cc1.CC(C)c1ccc(CNC(=O)OC(C)(C)C)cc1.CCOC(=O)/C=C/C(C)C. The van der Waals surface area contributed by atoms with Gasteiger partial charge in [0.05, 0.1) is 6.61 Å². The molecule has 1 aromatic heterocycles. The molecule has 0 radical (unpaired) electrons. The summed E-state index contributed by atoms with van der Waals surface area (Å²) < 4.78 is 16.4. The van der Waals surface area contributed by atoms with Crippen LogP contribution in [0, 0.1) is 41.4 Å². The number of carbonyl (C=O) groups excluding carboxylic acids is 3. The van der Waals surface area contributed by atoms with Crippen LogP contribution in [-0.4, -0.2) is 58.4 Å². The molecule has 1 saturated heterocycles. The number of para-hydroxylation sites is 1. The number of nitrogens with zero attached hydrogens (tertiary/aromatic N) is 1. The number of allylic oxidation sites excluding steroid dienone is 4. The molecule has 10 heteroatoms. The van der Waals surface area contributed by atoms with Crippen LogP contribution in [0.1, 0.15) is 224 Å². The van der Waals surface area contributed by atoms with Gasteiger partial charge in [0.1, 0.15) is 11.2 Å². The summed E-state index contributed by atoms with van der Waals surface area (Å²) in [5, 5.41) is 4.13. The molecule has 2 unspecified atom stereocenters. The fourth-order valence-electron chi connectivity index (χ4n) is 9.50. The number of likely N-dealkylation sites (tertiary alicyclic amines) is 1. The Bertz CT molecular complexity index is 2740. The van der Waals surface area contributed by atoms with Crippen molar-refractivity contribution in [2.24, 2.45) is 41.4 Å². The number of nitrogens with one attached hydrogen (secondary N) is 2. The molecule has 1 fully saturated rings. The smallest absolute Gasteiger partial charge is 0.410 e. The minimum Gasteiger partial charge on any atom is -0.463 e. The van der Waals surface area contributed by atoms with E-state index in [1.165, 1.54) is 84.2 Å². The summed E-state index contributed by atoms with van der Waals surface area (Å²) in [5.41, 5.74) is 6.96. The van der Waals surface area contributed by atoms with E-state index in [9.17, 15) is 14.4 Å². The quantitative estimate of drug-likeness (QED) is 0.0415. The highest BCUT2D eigenvalue weighted by Gasteiger charge is 2.33. The van der Waals surface area contributed by atoms with Gasteiger partial charge in [0.15, 0.2) is 0 Å². The Morgan fingerprint density at radius 2 is 1.29 bits per heavy atom. The lowest BCUT2D eigenvalue weighted by molar-refractivity contribution is -0.137. The molecule has 1 aliphatic heterocycles. The normalized spacial score (nSPS) is 14.5. The minimum atomic E-state index is -0.453. The van der Waals surface area contributed by atoms with Crippen molar-refractivity contribution in [1.29, 1.82) is 0 Å². The number of ether oxygens (including phenoxy) is 3. The van der Waals surface area contributed by atoms with E-state index in [0.717, 1.165) is 53.1 Å². The molecule has 2 heterocycles. The Hall–Kier alpha value is -5.87. The third-order valence-electron chi connectivity index (χ3n) is 13.9. The number of hydrogen-bond donors (Lipinski definition) is 2. The molecule has 0 spiro atoms. The number of H-pyrrole nitrogens is 1. The van der Waals surface area contributed by atoms with Gasteiger partial charge in [-0.05, 0) is 193 Å². The number of halogens is 1. The van der Waals surface area contributed by atoms with Crippen molar-refractivity contribution in [2.45, 2.75) is 233 Å². The summed E-state index contributed by atoms with van der Waals surface area (Å²) in [6, 6.07) is 36.1. The lowest BCUT2D eigenvalue weighted by Crippen LogP contribution is -2.41. The van der Waals surface area contributed by atoms with Crippen LogP contribution >= 0.6 is 15.9 Å². The zero-order chi connectivity index (χ0) is 67.1. The lowest BCUT2D eigenvalue weighted by Gasteiger charge is -2.30. The van der Waals surface area contributed by atoms with Crippen molar-refractivity contribution in [3.63, 3.8) is 0 Å². The highest BCUT2D eigenvalue weighted by Crippen LogP contribution is 2.27. The van der Waals surface area contributed by atoms with Gasteiger partial charge in [-0.25, -0.2) is 14.4 Å². The van der Waals surface area contributed by atoms with E-state index in [0.29, 0.717) is 42.9 Å². The van der Waals surface area contributed by atoms with Crippen LogP contribution in [0.3, 0.4) is 0 Å². The first kappa shape index (κ1) is 81.1. The van der Waals surface area contributed by atoms with Crippen molar-refractivity contribution in [3.8, 4) is 0 Å². The standard InChI is InChI=1S/C15H23NO2.C14H19N.C12H23NO2.C11H14.C10H13Br.C9H16.C8H14O2/c1-11(2)13-8-6-12(7-9-13)10-16-14(17)18-15(3,4)5;1-11(2)6-5-7-12-10-15-14-9-4-3-8-13(12)14;1-9(2)10-7-6-8-13(10)11(14)15-12(3,4)5;1-10(2)8-9-11-6-4-3-5-7-11;1-8(2)7-9-3-5-10(11)6-4-9;1-8(2)7-9-5-3-4-6-9;1-4-10-8(9)6-5-7(2)3/h6-9,11H,10H2,1-5H3,(H,16,17);3-4,8-11,15H,5-7H2,1-2H3;9-10H,6-8H2,1-5H3;3-10H,1-2H3;3-6,8H,7H2,1-2H3;3,5,8-9H,4,6-7H2,1-2H3;5-7H,4H2,1-3H3/b;;;9-8+;;;6-5+. The predicted octanol–water partition coefficient (Wildman–Crippen LogP) is 22.8. The van der Waals surface area contributed by atoms with Crippen LogP contribution in [0.25, 0.3) is 17.0 Å². The first-order chi connectivity index (χ1) is 41.8. The van der Waals surface area contributed by atoms with Gasteiger partial charge in [0.25, 0.3) is 0 Å². The topological polar surface area (TPSA) is 110 Å². The van der Waals surface area contributed by atoms with Gasteiger partial charge in [-0.15, -0.1) is 0 Å². The van der Waals surface area contributed by atoms with E-state index in [4.69, 9.17) is 9.47 Å². The Labute approximate surface area is 551 Å². The Balaban J connectivity index is 0.000000526. The first-order valence-electron chi connectivity index (χ1n) is 33.4.